The Morgan fingerprint density at radius 2 is 1.82 bits per heavy atom. The second kappa shape index (κ2) is 6.80. The van der Waals surface area contributed by atoms with Crippen LogP contribution >= 0.6 is 0 Å². The second-order valence-electron chi connectivity index (χ2n) is 3.66. The summed E-state index contributed by atoms with van der Waals surface area (Å²) in [6.45, 7) is 1.83. The molecule has 1 rings (SSSR count). The van der Waals surface area contributed by atoms with E-state index in [0.29, 0.717) is 12.0 Å². The molecule has 0 radical (unpaired) electrons. The van der Waals surface area contributed by atoms with Crippen molar-refractivity contribution in [2.75, 3.05) is 14.2 Å². The molecule has 0 N–H and O–H groups in total. The van der Waals surface area contributed by atoms with Crippen LogP contribution in [0.4, 0.5) is 8.78 Å². The van der Waals surface area contributed by atoms with Crippen molar-refractivity contribution in [3.05, 3.63) is 35.4 Å². The lowest BCUT2D eigenvalue weighted by atomic mass is 10.1. The summed E-state index contributed by atoms with van der Waals surface area (Å²) in [4.78, 5) is 0. The standard InChI is InChI=1S/C11H16F2O3Si/c1-8(16-17(14-2)15-3)6-9-4-5-10(12)11(13)7-9/h4-5,7-8,17H,6H2,1-3H3. The molecule has 96 valence electrons. The molecule has 0 aromatic heterocycles. The van der Waals surface area contributed by atoms with E-state index in [9.17, 15) is 8.78 Å². The Morgan fingerprint density at radius 1 is 1.18 bits per heavy atom. The van der Waals surface area contributed by atoms with Gasteiger partial charge in [0, 0.05) is 14.2 Å². The van der Waals surface area contributed by atoms with Gasteiger partial charge in [0.15, 0.2) is 11.6 Å². The average molecular weight is 262 g/mol. The van der Waals surface area contributed by atoms with Gasteiger partial charge < -0.3 is 13.3 Å². The van der Waals surface area contributed by atoms with Gasteiger partial charge in [-0.25, -0.2) is 8.78 Å². The van der Waals surface area contributed by atoms with E-state index < -0.39 is 21.2 Å². The first-order chi connectivity index (χ1) is 8.06. The summed E-state index contributed by atoms with van der Waals surface area (Å²) in [6, 6.07) is 3.82. The summed E-state index contributed by atoms with van der Waals surface area (Å²) >= 11 is 0. The fraction of sp³-hybridized carbons (Fsp3) is 0.455. The van der Waals surface area contributed by atoms with Gasteiger partial charge in [0.1, 0.15) is 0 Å². The van der Waals surface area contributed by atoms with Gasteiger partial charge in [-0.05, 0) is 31.0 Å². The summed E-state index contributed by atoms with van der Waals surface area (Å²) in [6.07, 6.45) is 0.310. The average Bonchev–Trinajstić information content (AvgIpc) is 2.31. The van der Waals surface area contributed by atoms with Crippen molar-refractivity contribution < 1.29 is 22.1 Å². The van der Waals surface area contributed by atoms with Crippen LogP contribution in [0.5, 0.6) is 0 Å². The summed E-state index contributed by atoms with van der Waals surface area (Å²) in [5.74, 6) is -1.69. The van der Waals surface area contributed by atoms with E-state index in [-0.39, 0.29) is 6.10 Å². The monoisotopic (exact) mass is 262 g/mol. The van der Waals surface area contributed by atoms with Crippen molar-refractivity contribution >= 4 is 9.53 Å². The van der Waals surface area contributed by atoms with E-state index in [1.165, 1.54) is 26.4 Å². The normalized spacial score (nSPS) is 13.1. The lowest BCUT2D eigenvalue weighted by Gasteiger charge is -2.18. The van der Waals surface area contributed by atoms with E-state index in [1.807, 2.05) is 6.92 Å². The highest BCUT2D eigenvalue weighted by Gasteiger charge is 2.16. The van der Waals surface area contributed by atoms with E-state index in [4.69, 9.17) is 13.3 Å². The van der Waals surface area contributed by atoms with E-state index in [1.54, 1.807) is 0 Å². The minimum absolute atomic E-state index is 0.170. The van der Waals surface area contributed by atoms with Crippen molar-refractivity contribution in [2.45, 2.75) is 19.4 Å². The van der Waals surface area contributed by atoms with Gasteiger partial charge in [0.25, 0.3) is 0 Å². The van der Waals surface area contributed by atoms with Gasteiger partial charge in [0.2, 0.25) is 0 Å². The van der Waals surface area contributed by atoms with Crippen molar-refractivity contribution in [1.29, 1.82) is 0 Å². The third-order valence-electron chi connectivity index (χ3n) is 2.24. The summed E-state index contributed by atoms with van der Waals surface area (Å²) < 4.78 is 41.2. The van der Waals surface area contributed by atoms with Crippen LogP contribution < -0.4 is 0 Å². The van der Waals surface area contributed by atoms with Crippen molar-refractivity contribution in [3.63, 3.8) is 0 Å². The molecule has 0 saturated heterocycles. The molecule has 0 aliphatic heterocycles. The zero-order valence-corrected chi connectivity index (χ0v) is 11.2. The molecule has 6 heteroatoms. The minimum Gasteiger partial charge on any atom is -0.379 e. The van der Waals surface area contributed by atoms with Gasteiger partial charge in [-0.2, -0.15) is 0 Å². The molecule has 1 atom stereocenters. The van der Waals surface area contributed by atoms with Crippen LogP contribution in [0.15, 0.2) is 18.2 Å². The molecule has 0 aliphatic rings. The largest absolute Gasteiger partial charge is 0.483 e. The molecule has 0 amide bonds. The van der Waals surface area contributed by atoms with Crippen LogP contribution in [0.25, 0.3) is 0 Å². The summed E-state index contributed by atoms with van der Waals surface area (Å²) in [5, 5.41) is 0. The lowest BCUT2D eigenvalue weighted by molar-refractivity contribution is 0.0951. The molecule has 1 aromatic rings. The molecule has 0 aliphatic carbocycles. The predicted molar refractivity (Wildman–Crippen MR) is 61.8 cm³/mol. The number of hydrogen-bond donors (Lipinski definition) is 0. The molecular weight excluding hydrogens is 246 g/mol. The molecule has 0 saturated carbocycles. The number of benzene rings is 1. The Kier molecular flexibility index (Phi) is 5.70. The Hall–Kier alpha value is -0.823. The second-order valence-corrected chi connectivity index (χ2v) is 5.45. The Morgan fingerprint density at radius 3 is 2.35 bits per heavy atom. The van der Waals surface area contributed by atoms with E-state index in [0.717, 1.165) is 6.07 Å². The number of rotatable bonds is 6. The van der Waals surface area contributed by atoms with Crippen LogP contribution in [0.2, 0.25) is 0 Å². The molecule has 17 heavy (non-hydrogen) atoms. The Balaban J connectivity index is 2.55. The first-order valence-corrected chi connectivity index (χ1v) is 6.63. The lowest BCUT2D eigenvalue weighted by Crippen LogP contribution is -2.29. The van der Waals surface area contributed by atoms with Crippen molar-refractivity contribution in [1.82, 2.24) is 0 Å². The van der Waals surface area contributed by atoms with Crippen LogP contribution in [-0.2, 0) is 19.7 Å². The summed E-state index contributed by atoms with van der Waals surface area (Å²) in [5.41, 5.74) is 0.677. The third-order valence-corrected chi connectivity index (χ3v) is 3.69. The van der Waals surface area contributed by atoms with Gasteiger partial charge in [0.05, 0.1) is 6.10 Å². The molecule has 1 aromatic carbocycles. The smallest absolute Gasteiger partial charge is 0.379 e. The first-order valence-electron chi connectivity index (χ1n) is 5.21. The van der Waals surface area contributed by atoms with Gasteiger partial charge in [-0.15, -0.1) is 0 Å². The first kappa shape index (κ1) is 14.2. The topological polar surface area (TPSA) is 27.7 Å². The van der Waals surface area contributed by atoms with Gasteiger partial charge >= 0.3 is 9.53 Å². The fourth-order valence-corrected chi connectivity index (χ4v) is 2.33. The summed E-state index contributed by atoms with van der Waals surface area (Å²) in [7, 11) is 0.956. The molecule has 1 unspecified atom stereocenters. The molecule has 3 nitrogen and oxygen atoms in total. The Bertz CT molecular complexity index is 359. The highest BCUT2D eigenvalue weighted by atomic mass is 28.3. The highest BCUT2D eigenvalue weighted by Crippen LogP contribution is 2.12. The van der Waals surface area contributed by atoms with Crippen molar-refractivity contribution in [3.8, 4) is 0 Å². The van der Waals surface area contributed by atoms with Crippen LogP contribution in [-0.4, -0.2) is 29.9 Å². The fourth-order valence-electron chi connectivity index (χ4n) is 1.44. The van der Waals surface area contributed by atoms with Crippen molar-refractivity contribution in [2.24, 2.45) is 0 Å². The maximum atomic E-state index is 13.0. The molecule has 0 bridgehead atoms. The Labute approximate surface area is 101 Å². The zero-order chi connectivity index (χ0) is 12.8. The zero-order valence-electron chi connectivity index (χ0n) is 10.1. The number of hydrogen-bond acceptors (Lipinski definition) is 3. The number of halogens is 2. The third kappa shape index (κ3) is 4.51. The van der Waals surface area contributed by atoms with E-state index in [2.05, 4.69) is 0 Å². The minimum atomic E-state index is -2.08. The molecule has 0 spiro atoms. The van der Waals surface area contributed by atoms with Gasteiger partial charge in [-0.3, -0.25) is 0 Å². The van der Waals surface area contributed by atoms with Crippen LogP contribution in [0.1, 0.15) is 12.5 Å². The SMILES string of the molecule is CO[SiH](OC)OC(C)Cc1ccc(F)c(F)c1. The van der Waals surface area contributed by atoms with E-state index >= 15 is 0 Å². The molecular formula is C11H16F2O3Si. The maximum absolute atomic E-state index is 13.0. The van der Waals surface area contributed by atoms with Crippen LogP contribution in [0, 0.1) is 11.6 Å². The van der Waals surface area contributed by atoms with Gasteiger partial charge in [-0.1, -0.05) is 6.07 Å². The predicted octanol–water partition coefficient (Wildman–Crippen LogP) is 1.92. The highest BCUT2D eigenvalue weighted by molar-refractivity contribution is 6.36. The quantitative estimate of drug-likeness (QED) is 0.733. The van der Waals surface area contributed by atoms with Crippen LogP contribution in [0.3, 0.4) is 0 Å². The molecule has 0 heterocycles. The molecule has 0 fully saturated rings. The maximum Gasteiger partial charge on any atom is 0.483 e.